The Hall–Kier alpha value is -0.0900. The van der Waals surface area contributed by atoms with Gasteiger partial charge in [-0.2, -0.15) is 0 Å². The van der Waals surface area contributed by atoms with E-state index in [2.05, 4.69) is 11.4 Å². The zero-order valence-corrected chi connectivity index (χ0v) is 10.3. The lowest BCUT2D eigenvalue weighted by Crippen LogP contribution is -2.46. The molecule has 0 bridgehead atoms. The van der Waals surface area contributed by atoms with Crippen LogP contribution in [-0.4, -0.2) is 12.1 Å². The summed E-state index contributed by atoms with van der Waals surface area (Å²) in [4.78, 5) is 1.28. The van der Waals surface area contributed by atoms with Gasteiger partial charge >= 0.3 is 0 Å². The molecule has 0 atom stereocenters. The van der Waals surface area contributed by atoms with Crippen LogP contribution < -0.4 is 11.1 Å². The van der Waals surface area contributed by atoms with E-state index in [0.29, 0.717) is 0 Å². The molecular weight excluding hydrogens is 228 g/mol. The van der Waals surface area contributed by atoms with E-state index in [1.807, 2.05) is 6.07 Å². The Bertz CT molecular complexity index is 318. The predicted molar refractivity (Wildman–Crippen MR) is 66.4 cm³/mol. The van der Waals surface area contributed by atoms with E-state index in [0.717, 1.165) is 30.3 Å². The molecule has 0 unspecified atom stereocenters. The second kappa shape index (κ2) is 4.83. The summed E-state index contributed by atoms with van der Waals surface area (Å²) in [6, 6.07) is 4.01. The maximum absolute atomic E-state index is 6.24. The highest BCUT2D eigenvalue weighted by Gasteiger charge is 2.28. The Morgan fingerprint density at radius 1 is 1.40 bits per heavy atom. The fraction of sp³-hybridized carbons (Fsp3) is 0.636. The lowest BCUT2D eigenvalue weighted by Gasteiger charge is -2.23. The SMILES string of the molecule is NC1(CNCc2ccc(Cl)s2)CCCC1. The summed E-state index contributed by atoms with van der Waals surface area (Å²) < 4.78 is 0.857. The van der Waals surface area contributed by atoms with Gasteiger partial charge in [0.1, 0.15) is 0 Å². The van der Waals surface area contributed by atoms with Crippen LogP contribution in [0.25, 0.3) is 0 Å². The second-order valence-electron chi connectivity index (χ2n) is 4.38. The van der Waals surface area contributed by atoms with Gasteiger partial charge in [-0.25, -0.2) is 0 Å². The topological polar surface area (TPSA) is 38.0 Å². The summed E-state index contributed by atoms with van der Waals surface area (Å²) in [6.07, 6.45) is 4.88. The van der Waals surface area contributed by atoms with E-state index in [9.17, 15) is 0 Å². The standard InChI is InChI=1S/C11H17ClN2S/c12-10-4-3-9(15-10)7-14-8-11(13)5-1-2-6-11/h3-4,14H,1-2,5-8,13H2. The van der Waals surface area contributed by atoms with Crippen molar-refractivity contribution in [1.29, 1.82) is 0 Å². The molecule has 2 nitrogen and oxygen atoms in total. The van der Waals surface area contributed by atoms with Gasteiger partial charge in [0.2, 0.25) is 0 Å². The van der Waals surface area contributed by atoms with Gasteiger partial charge in [0, 0.05) is 23.5 Å². The summed E-state index contributed by atoms with van der Waals surface area (Å²) in [5.74, 6) is 0. The van der Waals surface area contributed by atoms with Crippen molar-refractivity contribution in [2.45, 2.75) is 37.8 Å². The number of nitrogens with two attached hydrogens (primary N) is 1. The monoisotopic (exact) mass is 244 g/mol. The maximum atomic E-state index is 6.24. The molecule has 1 aromatic heterocycles. The molecule has 0 aromatic carbocycles. The van der Waals surface area contributed by atoms with Crippen LogP contribution >= 0.6 is 22.9 Å². The van der Waals surface area contributed by atoms with Gasteiger partial charge < -0.3 is 11.1 Å². The molecule has 1 heterocycles. The van der Waals surface area contributed by atoms with Crippen LogP contribution in [0.2, 0.25) is 4.34 Å². The number of thiophene rings is 1. The van der Waals surface area contributed by atoms with Gasteiger partial charge in [-0.3, -0.25) is 0 Å². The van der Waals surface area contributed by atoms with E-state index in [1.165, 1.54) is 17.7 Å². The average Bonchev–Trinajstić information content (AvgIpc) is 2.76. The molecule has 0 saturated heterocycles. The summed E-state index contributed by atoms with van der Waals surface area (Å²) in [5.41, 5.74) is 6.29. The maximum Gasteiger partial charge on any atom is 0.0931 e. The number of halogens is 1. The fourth-order valence-corrected chi connectivity index (χ4v) is 3.19. The molecule has 0 radical (unpaired) electrons. The number of hydrogen-bond donors (Lipinski definition) is 2. The van der Waals surface area contributed by atoms with E-state index in [-0.39, 0.29) is 5.54 Å². The summed E-state index contributed by atoms with van der Waals surface area (Å²) in [6.45, 7) is 1.80. The molecule has 0 aliphatic heterocycles. The van der Waals surface area contributed by atoms with E-state index in [4.69, 9.17) is 17.3 Å². The molecule has 1 saturated carbocycles. The van der Waals surface area contributed by atoms with Crippen LogP contribution in [0.5, 0.6) is 0 Å². The Labute approximate surface area is 99.8 Å². The quantitative estimate of drug-likeness (QED) is 0.855. The highest BCUT2D eigenvalue weighted by Crippen LogP contribution is 2.26. The molecule has 15 heavy (non-hydrogen) atoms. The number of nitrogens with one attached hydrogen (secondary N) is 1. The lowest BCUT2D eigenvalue weighted by molar-refractivity contribution is 0.405. The normalized spacial score (nSPS) is 19.6. The van der Waals surface area contributed by atoms with Crippen LogP contribution in [0.1, 0.15) is 30.6 Å². The van der Waals surface area contributed by atoms with Gasteiger partial charge in [0.25, 0.3) is 0 Å². The number of rotatable bonds is 4. The second-order valence-corrected chi connectivity index (χ2v) is 6.18. The van der Waals surface area contributed by atoms with Crippen molar-refractivity contribution in [3.8, 4) is 0 Å². The Balaban J connectivity index is 1.75. The van der Waals surface area contributed by atoms with Crippen molar-refractivity contribution in [2.75, 3.05) is 6.54 Å². The summed E-state index contributed by atoms with van der Waals surface area (Å²) in [5, 5.41) is 3.42. The van der Waals surface area contributed by atoms with Gasteiger partial charge in [0.05, 0.1) is 4.34 Å². The first-order valence-corrected chi connectivity index (χ1v) is 6.61. The highest BCUT2D eigenvalue weighted by atomic mass is 35.5. The van der Waals surface area contributed by atoms with Gasteiger partial charge in [-0.15, -0.1) is 11.3 Å². The largest absolute Gasteiger partial charge is 0.324 e. The van der Waals surface area contributed by atoms with E-state index < -0.39 is 0 Å². The summed E-state index contributed by atoms with van der Waals surface area (Å²) >= 11 is 7.49. The van der Waals surface area contributed by atoms with E-state index >= 15 is 0 Å². The molecule has 1 aromatic rings. The third kappa shape index (κ3) is 3.18. The molecule has 4 heteroatoms. The van der Waals surface area contributed by atoms with Crippen molar-refractivity contribution >= 4 is 22.9 Å². The molecule has 1 fully saturated rings. The first-order valence-electron chi connectivity index (χ1n) is 5.42. The lowest BCUT2D eigenvalue weighted by atomic mass is 9.99. The van der Waals surface area contributed by atoms with Crippen LogP contribution in [0.15, 0.2) is 12.1 Å². The minimum Gasteiger partial charge on any atom is -0.324 e. The van der Waals surface area contributed by atoms with Gasteiger partial charge in [0.15, 0.2) is 0 Å². The molecule has 1 aliphatic rings. The molecule has 0 spiro atoms. The fourth-order valence-electron chi connectivity index (χ4n) is 2.14. The molecule has 84 valence electrons. The summed E-state index contributed by atoms with van der Waals surface area (Å²) in [7, 11) is 0. The smallest absolute Gasteiger partial charge is 0.0931 e. The Kier molecular flexibility index (Phi) is 3.67. The van der Waals surface area contributed by atoms with Crippen molar-refractivity contribution < 1.29 is 0 Å². The van der Waals surface area contributed by atoms with Crippen LogP contribution in [0.4, 0.5) is 0 Å². The zero-order valence-electron chi connectivity index (χ0n) is 8.76. The van der Waals surface area contributed by atoms with Crippen molar-refractivity contribution in [1.82, 2.24) is 5.32 Å². The van der Waals surface area contributed by atoms with Crippen molar-refractivity contribution in [3.05, 3.63) is 21.3 Å². The first kappa shape index (κ1) is 11.4. The Morgan fingerprint density at radius 3 is 2.73 bits per heavy atom. The molecule has 1 aliphatic carbocycles. The van der Waals surface area contributed by atoms with Crippen LogP contribution in [0.3, 0.4) is 0 Å². The predicted octanol–water partition coefficient (Wildman–Crippen LogP) is 2.76. The van der Waals surface area contributed by atoms with Crippen LogP contribution in [0, 0.1) is 0 Å². The average molecular weight is 245 g/mol. The van der Waals surface area contributed by atoms with E-state index in [1.54, 1.807) is 11.3 Å². The molecule has 0 amide bonds. The van der Waals surface area contributed by atoms with Gasteiger partial charge in [-0.05, 0) is 25.0 Å². The number of hydrogen-bond acceptors (Lipinski definition) is 3. The van der Waals surface area contributed by atoms with Crippen molar-refractivity contribution in [2.24, 2.45) is 5.73 Å². The first-order chi connectivity index (χ1) is 7.18. The third-order valence-electron chi connectivity index (χ3n) is 3.00. The Morgan fingerprint density at radius 2 is 2.13 bits per heavy atom. The minimum absolute atomic E-state index is 0.0427. The molecular formula is C11H17ClN2S. The zero-order chi connectivity index (χ0) is 10.7. The van der Waals surface area contributed by atoms with Crippen molar-refractivity contribution in [3.63, 3.8) is 0 Å². The minimum atomic E-state index is 0.0427. The molecule has 3 N–H and O–H groups in total. The molecule has 2 rings (SSSR count). The van der Waals surface area contributed by atoms with Crippen LogP contribution in [-0.2, 0) is 6.54 Å². The van der Waals surface area contributed by atoms with Gasteiger partial charge in [-0.1, -0.05) is 24.4 Å². The highest BCUT2D eigenvalue weighted by molar-refractivity contribution is 7.16. The third-order valence-corrected chi connectivity index (χ3v) is 4.24.